The maximum absolute atomic E-state index is 12.7. The molecule has 0 radical (unpaired) electrons. The van der Waals surface area contributed by atoms with Crippen molar-refractivity contribution in [2.45, 2.75) is 11.8 Å². The minimum Gasteiger partial charge on any atom is -0.355 e. The highest BCUT2D eigenvalue weighted by Crippen LogP contribution is 2.25. The largest absolute Gasteiger partial charge is 0.355 e. The van der Waals surface area contributed by atoms with Crippen molar-refractivity contribution in [1.82, 2.24) is 10.3 Å². The van der Waals surface area contributed by atoms with Crippen molar-refractivity contribution in [2.24, 2.45) is 0 Å². The number of likely N-dealkylation sites (N-methyl/N-ethyl adjacent to an activating group) is 1. The highest BCUT2D eigenvalue weighted by molar-refractivity contribution is 7.93. The first kappa shape index (κ1) is 15.5. The van der Waals surface area contributed by atoms with E-state index in [9.17, 15) is 13.2 Å². The number of amides is 1. The summed E-state index contributed by atoms with van der Waals surface area (Å²) in [6.07, 6.45) is 1.51. The van der Waals surface area contributed by atoms with Crippen LogP contribution in [0.3, 0.4) is 0 Å². The van der Waals surface area contributed by atoms with Gasteiger partial charge in [0.15, 0.2) is 5.13 Å². The Kier molecular flexibility index (Phi) is 4.92. The van der Waals surface area contributed by atoms with E-state index in [4.69, 9.17) is 0 Å². The maximum Gasteiger partial charge on any atom is 0.266 e. The van der Waals surface area contributed by atoms with Crippen molar-refractivity contribution in [3.63, 3.8) is 0 Å². The molecule has 0 spiro atoms. The summed E-state index contributed by atoms with van der Waals surface area (Å²) in [7, 11) is -3.82. The van der Waals surface area contributed by atoms with Gasteiger partial charge >= 0.3 is 0 Å². The lowest BCUT2D eigenvalue weighted by molar-refractivity contribution is -0.119. The summed E-state index contributed by atoms with van der Waals surface area (Å²) in [4.78, 5) is 15.9. The average Bonchev–Trinajstić information content (AvgIpc) is 2.99. The number of nitrogens with zero attached hydrogens (tertiary/aromatic N) is 2. The molecule has 0 saturated heterocycles. The lowest BCUT2D eigenvalue weighted by Crippen LogP contribution is -2.40. The smallest absolute Gasteiger partial charge is 0.266 e. The van der Waals surface area contributed by atoms with Gasteiger partial charge in [0.05, 0.1) is 4.90 Å². The third-order valence-electron chi connectivity index (χ3n) is 2.62. The van der Waals surface area contributed by atoms with Crippen LogP contribution in [0.25, 0.3) is 0 Å². The minimum atomic E-state index is -3.82. The van der Waals surface area contributed by atoms with Gasteiger partial charge in [-0.05, 0) is 19.1 Å². The maximum atomic E-state index is 12.7. The van der Waals surface area contributed by atoms with E-state index < -0.39 is 10.0 Å². The van der Waals surface area contributed by atoms with Crippen molar-refractivity contribution < 1.29 is 13.2 Å². The molecular weight excluding hydrogens is 310 g/mol. The van der Waals surface area contributed by atoms with Gasteiger partial charge in [-0.25, -0.2) is 17.7 Å². The molecule has 1 N–H and O–H groups in total. The van der Waals surface area contributed by atoms with Crippen LogP contribution >= 0.6 is 11.3 Å². The predicted octanol–water partition coefficient (Wildman–Crippen LogP) is 1.47. The van der Waals surface area contributed by atoms with Gasteiger partial charge in [-0.2, -0.15) is 0 Å². The first-order valence-corrected chi connectivity index (χ1v) is 8.61. The van der Waals surface area contributed by atoms with Crippen molar-refractivity contribution in [1.29, 1.82) is 0 Å². The number of hydrogen-bond acceptors (Lipinski definition) is 5. The lowest BCUT2D eigenvalue weighted by atomic mass is 10.4. The summed E-state index contributed by atoms with van der Waals surface area (Å²) < 4.78 is 26.4. The Labute approximate surface area is 127 Å². The molecule has 0 bridgehead atoms. The molecule has 0 saturated carbocycles. The molecule has 1 amide bonds. The van der Waals surface area contributed by atoms with Gasteiger partial charge in [0.2, 0.25) is 5.91 Å². The topological polar surface area (TPSA) is 79.4 Å². The SMILES string of the molecule is CCNC(=O)CN(c1nccs1)S(=O)(=O)c1ccccc1. The molecule has 1 heterocycles. The summed E-state index contributed by atoms with van der Waals surface area (Å²) >= 11 is 1.17. The Balaban J connectivity index is 2.38. The molecule has 1 aromatic heterocycles. The van der Waals surface area contributed by atoms with Gasteiger partial charge in [-0.3, -0.25) is 4.79 Å². The molecular formula is C13H15N3O3S2. The van der Waals surface area contributed by atoms with Gasteiger partial charge in [-0.15, -0.1) is 11.3 Å². The van der Waals surface area contributed by atoms with Crippen molar-refractivity contribution in [2.75, 3.05) is 17.4 Å². The Hall–Kier alpha value is -1.93. The van der Waals surface area contributed by atoms with Crippen LogP contribution in [0, 0.1) is 0 Å². The highest BCUT2D eigenvalue weighted by atomic mass is 32.2. The van der Waals surface area contributed by atoms with Crippen LogP contribution in [0.4, 0.5) is 5.13 Å². The molecule has 0 aliphatic heterocycles. The van der Waals surface area contributed by atoms with Gasteiger partial charge in [0.25, 0.3) is 10.0 Å². The van der Waals surface area contributed by atoms with Crippen molar-refractivity contribution in [3.05, 3.63) is 41.9 Å². The number of thiazole rings is 1. The highest BCUT2D eigenvalue weighted by Gasteiger charge is 2.28. The zero-order valence-corrected chi connectivity index (χ0v) is 13.0. The summed E-state index contributed by atoms with van der Waals surface area (Å²) in [5.41, 5.74) is 0. The second-order valence-electron chi connectivity index (χ2n) is 4.09. The van der Waals surface area contributed by atoms with Crippen LogP contribution in [0.15, 0.2) is 46.8 Å². The van der Waals surface area contributed by atoms with E-state index in [1.165, 1.54) is 29.7 Å². The number of rotatable bonds is 6. The van der Waals surface area contributed by atoms with E-state index in [1.807, 2.05) is 0 Å². The fourth-order valence-corrected chi connectivity index (χ4v) is 3.96. The van der Waals surface area contributed by atoms with E-state index in [-0.39, 0.29) is 22.5 Å². The number of nitrogens with one attached hydrogen (secondary N) is 1. The number of aromatic nitrogens is 1. The van der Waals surface area contributed by atoms with Crippen LogP contribution in [0.1, 0.15) is 6.92 Å². The zero-order valence-electron chi connectivity index (χ0n) is 11.4. The van der Waals surface area contributed by atoms with E-state index in [0.717, 1.165) is 4.31 Å². The van der Waals surface area contributed by atoms with Crippen LogP contribution in [-0.4, -0.2) is 32.4 Å². The average molecular weight is 325 g/mol. The van der Waals surface area contributed by atoms with Crippen LogP contribution in [-0.2, 0) is 14.8 Å². The number of carbonyl (C=O) groups is 1. The second-order valence-corrected chi connectivity index (χ2v) is 6.83. The number of anilines is 1. The van der Waals surface area contributed by atoms with E-state index in [1.54, 1.807) is 30.5 Å². The summed E-state index contributed by atoms with van der Waals surface area (Å²) in [6, 6.07) is 8.00. The monoisotopic (exact) mass is 325 g/mol. The molecule has 0 aliphatic carbocycles. The van der Waals surface area contributed by atoms with Crippen molar-refractivity contribution in [3.8, 4) is 0 Å². The fourth-order valence-electron chi connectivity index (χ4n) is 1.70. The summed E-state index contributed by atoms with van der Waals surface area (Å²) in [5.74, 6) is -0.368. The van der Waals surface area contributed by atoms with E-state index in [0.29, 0.717) is 6.54 Å². The van der Waals surface area contributed by atoms with Crippen molar-refractivity contribution >= 4 is 32.4 Å². The van der Waals surface area contributed by atoms with E-state index >= 15 is 0 Å². The Morgan fingerprint density at radius 3 is 2.62 bits per heavy atom. The predicted molar refractivity (Wildman–Crippen MR) is 81.8 cm³/mol. The van der Waals surface area contributed by atoms with Gasteiger partial charge in [0.1, 0.15) is 6.54 Å². The molecule has 0 aliphatic rings. The third kappa shape index (κ3) is 3.59. The molecule has 6 nitrogen and oxygen atoms in total. The molecule has 112 valence electrons. The standard InChI is InChI=1S/C13H15N3O3S2/c1-2-14-12(17)10-16(13-15-8-9-20-13)21(18,19)11-6-4-3-5-7-11/h3-9H,2,10H2,1H3,(H,14,17). The van der Waals surface area contributed by atoms with Gasteiger partial charge < -0.3 is 5.32 Å². The Morgan fingerprint density at radius 1 is 1.33 bits per heavy atom. The Morgan fingerprint density at radius 2 is 2.05 bits per heavy atom. The molecule has 0 fully saturated rings. The van der Waals surface area contributed by atoms with Gasteiger partial charge in [0, 0.05) is 18.1 Å². The first-order valence-electron chi connectivity index (χ1n) is 6.29. The fraction of sp³-hybridized carbons (Fsp3) is 0.231. The van der Waals surface area contributed by atoms with Crippen LogP contribution in [0.5, 0.6) is 0 Å². The summed E-state index contributed by atoms with van der Waals surface area (Å²) in [6.45, 7) is 1.92. The number of carbonyl (C=O) groups excluding carboxylic acids is 1. The quantitative estimate of drug-likeness (QED) is 0.872. The molecule has 2 rings (SSSR count). The second kappa shape index (κ2) is 6.68. The number of hydrogen-bond donors (Lipinski definition) is 1. The zero-order chi connectivity index (χ0) is 15.3. The van der Waals surface area contributed by atoms with E-state index in [2.05, 4.69) is 10.3 Å². The molecule has 0 unspecified atom stereocenters. The number of benzene rings is 1. The van der Waals surface area contributed by atoms with Crippen LogP contribution in [0.2, 0.25) is 0 Å². The molecule has 0 atom stereocenters. The number of sulfonamides is 1. The molecule has 21 heavy (non-hydrogen) atoms. The first-order chi connectivity index (χ1) is 10.1. The third-order valence-corrected chi connectivity index (χ3v) is 5.29. The minimum absolute atomic E-state index is 0.129. The summed E-state index contributed by atoms with van der Waals surface area (Å²) in [5, 5.41) is 4.53. The van der Waals surface area contributed by atoms with Crippen LogP contribution < -0.4 is 9.62 Å². The van der Waals surface area contributed by atoms with Gasteiger partial charge in [-0.1, -0.05) is 18.2 Å². The molecule has 2 aromatic rings. The molecule has 1 aromatic carbocycles. The normalized spacial score (nSPS) is 11.1. The Bertz CT molecular complexity index is 685. The lowest BCUT2D eigenvalue weighted by Gasteiger charge is -2.21. The molecule has 8 heteroatoms.